The Kier molecular flexibility index (Phi) is 6.51. The fourth-order valence-electron chi connectivity index (χ4n) is 3.16. The Morgan fingerprint density at radius 3 is 2.50 bits per heavy atom. The summed E-state index contributed by atoms with van der Waals surface area (Å²) in [6, 6.07) is 23.9. The Morgan fingerprint density at radius 2 is 1.75 bits per heavy atom. The number of amides is 1. The number of halogens is 1. The smallest absolute Gasteiger partial charge is 0.234 e. The van der Waals surface area contributed by atoms with Crippen LogP contribution < -0.4 is 10.2 Å². The zero-order chi connectivity index (χ0) is 22.5. The molecule has 8 heteroatoms. The Morgan fingerprint density at radius 1 is 1.00 bits per heavy atom. The van der Waals surface area contributed by atoms with Crippen molar-refractivity contribution >= 4 is 29.0 Å². The highest BCUT2D eigenvalue weighted by molar-refractivity contribution is 7.99. The normalized spacial score (nSPS) is 10.7. The summed E-state index contributed by atoms with van der Waals surface area (Å²) in [6.07, 6.45) is 0. The average molecular weight is 448 g/mol. The van der Waals surface area contributed by atoms with Crippen LogP contribution in [0.1, 0.15) is 0 Å². The number of thioether (sulfide) groups is 1. The molecule has 6 nitrogen and oxygen atoms in total. The van der Waals surface area contributed by atoms with Crippen LogP contribution in [0.2, 0.25) is 0 Å². The van der Waals surface area contributed by atoms with Crippen LogP contribution in [0.15, 0.2) is 84.0 Å². The van der Waals surface area contributed by atoms with Crippen molar-refractivity contribution in [3.05, 3.63) is 84.7 Å². The molecule has 3 aromatic carbocycles. The van der Waals surface area contributed by atoms with Crippen LogP contribution in [0, 0.1) is 5.82 Å². The fourth-order valence-corrected chi connectivity index (χ4v) is 3.91. The summed E-state index contributed by atoms with van der Waals surface area (Å²) in [6.45, 7) is 0. The number of para-hydroxylation sites is 2. The molecule has 0 fully saturated rings. The first kappa shape index (κ1) is 21.6. The topological polar surface area (TPSA) is 63.1 Å². The van der Waals surface area contributed by atoms with Gasteiger partial charge in [0.2, 0.25) is 5.91 Å². The van der Waals surface area contributed by atoms with Gasteiger partial charge in [0.25, 0.3) is 0 Å². The molecular formula is C24H22FN5OS. The third-order valence-corrected chi connectivity index (χ3v) is 5.68. The molecule has 1 amide bonds. The molecule has 1 heterocycles. The summed E-state index contributed by atoms with van der Waals surface area (Å²) < 4.78 is 15.8. The van der Waals surface area contributed by atoms with Crippen molar-refractivity contribution in [2.45, 2.75) is 5.16 Å². The van der Waals surface area contributed by atoms with Crippen molar-refractivity contribution in [2.24, 2.45) is 0 Å². The fraction of sp³-hybridized carbons (Fsp3) is 0.125. The van der Waals surface area contributed by atoms with Crippen LogP contribution in [0.5, 0.6) is 0 Å². The van der Waals surface area contributed by atoms with Crippen molar-refractivity contribution in [1.29, 1.82) is 0 Å². The zero-order valence-electron chi connectivity index (χ0n) is 17.7. The van der Waals surface area contributed by atoms with E-state index < -0.39 is 5.82 Å². The van der Waals surface area contributed by atoms with Gasteiger partial charge in [-0.3, -0.25) is 9.36 Å². The lowest BCUT2D eigenvalue weighted by Gasteiger charge is -2.14. The third kappa shape index (κ3) is 4.81. The largest absolute Gasteiger partial charge is 0.378 e. The number of anilines is 2. The number of carbonyl (C=O) groups excluding carboxylic acids is 1. The Hall–Kier alpha value is -3.65. The first-order valence-electron chi connectivity index (χ1n) is 9.98. The van der Waals surface area contributed by atoms with E-state index >= 15 is 0 Å². The van der Waals surface area contributed by atoms with Gasteiger partial charge in [-0.25, -0.2) is 4.39 Å². The second kappa shape index (κ2) is 9.65. The van der Waals surface area contributed by atoms with Gasteiger partial charge >= 0.3 is 0 Å². The van der Waals surface area contributed by atoms with E-state index in [4.69, 9.17) is 0 Å². The molecule has 4 aromatic rings. The van der Waals surface area contributed by atoms with E-state index in [-0.39, 0.29) is 17.3 Å². The van der Waals surface area contributed by atoms with Crippen LogP contribution in [-0.2, 0) is 4.79 Å². The van der Waals surface area contributed by atoms with Gasteiger partial charge in [-0.15, -0.1) is 10.2 Å². The molecule has 0 aliphatic carbocycles. The molecule has 0 unspecified atom stereocenters. The summed E-state index contributed by atoms with van der Waals surface area (Å²) in [7, 11) is 3.97. The number of carbonyl (C=O) groups is 1. The first-order chi connectivity index (χ1) is 15.5. The monoisotopic (exact) mass is 447 g/mol. The highest BCUT2D eigenvalue weighted by Crippen LogP contribution is 2.29. The number of hydrogen-bond donors (Lipinski definition) is 1. The maximum absolute atomic E-state index is 13.8. The lowest BCUT2D eigenvalue weighted by molar-refractivity contribution is -0.113. The molecule has 0 atom stereocenters. The quantitative estimate of drug-likeness (QED) is 0.410. The predicted molar refractivity (Wildman–Crippen MR) is 127 cm³/mol. The lowest BCUT2D eigenvalue weighted by Crippen LogP contribution is -2.15. The predicted octanol–water partition coefficient (Wildman–Crippen LogP) is 4.87. The van der Waals surface area contributed by atoms with Gasteiger partial charge in [0.1, 0.15) is 5.82 Å². The SMILES string of the molecule is CN(C)c1cccc(-c2nnc(SCC(=O)Nc3ccccc3F)n2-c2ccccc2)c1. The van der Waals surface area contributed by atoms with Crippen LogP contribution >= 0.6 is 11.8 Å². The van der Waals surface area contributed by atoms with Crippen molar-refractivity contribution in [2.75, 3.05) is 30.1 Å². The molecular weight excluding hydrogens is 425 g/mol. The van der Waals surface area contributed by atoms with Crippen LogP contribution in [0.4, 0.5) is 15.8 Å². The van der Waals surface area contributed by atoms with Gasteiger partial charge in [-0.1, -0.05) is 54.2 Å². The van der Waals surface area contributed by atoms with E-state index in [1.165, 1.54) is 23.9 Å². The van der Waals surface area contributed by atoms with Gasteiger partial charge in [0.05, 0.1) is 11.4 Å². The van der Waals surface area contributed by atoms with E-state index in [1.807, 2.05) is 78.2 Å². The molecule has 1 N–H and O–H groups in total. The highest BCUT2D eigenvalue weighted by Gasteiger charge is 2.18. The number of nitrogens with one attached hydrogen (secondary N) is 1. The van der Waals surface area contributed by atoms with Crippen molar-refractivity contribution in [3.63, 3.8) is 0 Å². The standard InChI is InChI=1S/C24H22FN5OS/c1-29(2)19-12-8-9-17(15-19)23-27-28-24(30(23)18-10-4-3-5-11-18)32-16-22(31)26-21-14-7-6-13-20(21)25/h3-15H,16H2,1-2H3,(H,26,31). The Balaban J connectivity index is 1.62. The minimum atomic E-state index is -0.471. The van der Waals surface area contributed by atoms with Gasteiger partial charge in [0, 0.05) is 31.0 Å². The minimum Gasteiger partial charge on any atom is -0.378 e. The van der Waals surface area contributed by atoms with E-state index in [2.05, 4.69) is 15.5 Å². The lowest BCUT2D eigenvalue weighted by atomic mass is 10.1. The van der Waals surface area contributed by atoms with E-state index in [0.717, 1.165) is 16.9 Å². The van der Waals surface area contributed by atoms with Crippen molar-refractivity contribution < 1.29 is 9.18 Å². The van der Waals surface area contributed by atoms with Gasteiger partial charge in [-0.05, 0) is 36.4 Å². The molecule has 0 saturated carbocycles. The average Bonchev–Trinajstić information content (AvgIpc) is 3.24. The second-order valence-electron chi connectivity index (χ2n) is 7.24. The number of nitrogens with zero attached hydrogens (tertiary/aromatic N) is 4. The molecule has 1 aromatic heterocycles. The summed E-state index contributed by atoms with van der Waals surface area (Å²) in [4.78, 5) is 14.4. The molecule has 0 saturated heterocycles. The molecule has 32 heavy (non-hydrogen) atoms. The van der Waals surface area contributed by atoms with E-state index in [9.17, 15) is 9.18 Å². The Bertz CT molecular complexity index is 1230. The molecule has 0 aliphatic rings. The Labute approximate surface area is 190 Å². The van der Waals surface area contributed by atoms with Gasteiger partial charge in [0.15, 0.2) is 11.0 Å². The highest BCUT2D eigenvalue weighted by atomic mass is 32.2. The summed E-state index contributed by atoms with van der Waals surface area (Å²) >= 11 is 1.25. The summed E-state index contributed by atoms with van der Waals surface area (Å²) in [5, 5.41) is 11.9. The molecule has 0 aliphatic heterocycles. The minimum absolute atomic E-state index is 0.0665. The third-order valence-electron chi connectivity index (χ3n) is 4.75. The molecule has 162 valence electrons. The van der Waals surface area contributed by atoms with E-state index in [0.29, 0.717) is 11.0 Å². The molecule has 0 spiro atoms. The first-order valence-corrected chi connectivity index (χ1v) is 11.0. The molecule has 4 rings (SSSR count). The second-order valence-corrected chi connectivity index (χ2v) is 8.18. The number of aromatic nitrogens is 3. The van der Waals surface area contributed by atoms with E-state index in [1.54, 1.807) is 12.1 Å². The summed E-state index contributed by atoms with van der Waals surface area (Å²) in [5.74, 6) is -0.0473. The summed E-state index contributed by atoms with van der Waals surface area (Å²) in [5.41, 5.74) is 3.00. The number of rotatable bonds is 7. The number of benzene rings is 3. The van der Waals surface area contributed by atoms with Crippen LogP contribution in [0.25, 0.3) is 17.1 Å². The maximum atomic E-state index is 13.8. The van der Waals surface area contributed by atoms with Gasteiger partial charge < -0.3 is 10.2 Å². The van der Waals surface area contributed by atoms with Crippen molar-refractivity contribution in [3.8, 4) is 17.1 Å². The van der Waals surface area contributed by atoms with Gasteiger partial charge in [-0.2, -0.15) is 0 Å². The number of hydrogen-bond acceptors (Lipinski definition) is 5. The van der Waals surface area contributed by atoms with Crippen molar-refractivity contribution in [1.82, 2.24) is 14.8 Å². The maximum Gasteiger partial charge on any atom is 0.234 e. The van der Waals surface area contributed by atoms with Crippen LogP contribution in [0.3, 0.4) is 0 Å². The molecule has 0 radical (unpaired) electrons. The molecule has 0 bridgehead atoms. The van der Waals surface area contributed by atoms with Crippen LogP contribution in [-0.4, -0.2) is 40.5 Å². The zero-order valence-corrected chi connectivity index (χ0v) is 18.5.